The molecule has 1 N–H and O–H groups in total. The van der Waals surface area contributed by atoms with Gasteiger partial charge in [0.1, 0.15) is 6.04 Å². The van der Waals surface area contributed by atoms with E-state index in [0.29, 0.717) is 5.56 Å². The lowest BCUT2D eigenvalue weighted by Crippen LogP contribution is -2.40. The number of carbonyl (C=O) groups excluding carboxylic acids is 1. The SMILES string of the molecule is CC(C(=O)O)N(C)C(=O)c1ccc(-c2noc(C(F)F)n2)cc1. The fourth-order valence-corrected chi connectivity index (χ4v) is 1.75. The Kier molecular flexibility index (Phi) is 4.68. The van der Waals surface area contributed by atoms with E-state index in [0.717, 1.165) is 4.90 Å². The summed E-state index contributed by atoms with van der Waals surface area (Å²) in [5.41, 5.74) is 0.646. The number of carbonyl (C=O) groups is 2. The molecule has 0 aliphatic carbocycles. The van der Waals surface area contributed by atoms with Crippen molar-refractivity contribution >= 4 is 11.9 Å². The van der Waals surface area contributed by atoms with Gasteiger partial charge in [0.15, 0.2) is 0 Å². The average molecular weight is 325 g/mol. The van der Waals surface area contributed by atoms with E-state index in [1.54, 1.807) is 0 Å². The normalized spacial score (nSPS) is 12.2. The lowest BCUT2D eigenvalue weighted by molar-refractivity contribution is -0.141. The van der Waals surface area contributed by atoms with Crippen molar-refractivity contribution in [3.05, 3.63) is 35.7 Å². The Balaban J connectivity index is 2.18. The molecule has 1 aromatic carbocycles. The van der Waals surface area contributed by atoms with Gasteiger partial charge in [-0.1, -0.05) is 17.3 Å². The van der Waals surface area contributed by atoms with Crippen LogP contribution in [0.1, 0.15) is 29.6 Å². The van der Waals surface area contributed by atoms with Gasteiger partial charge in [-0.2, -0.15) is 13.8 Å². The minimum absolute atomic E-state index is 0.0217. The lowest BCUT2D eigenvalue weighted by atomic mass is 10.1. The molecule has 7 nitrogen and oxygen atoms in total. The van der Waals surface area contributed by atoms with Crippen LogP contribution in [0, 0.1) is 0 Å². The Bertz CT molecular complexity index is 715. The van der Waals surface area contributed by atoms with Crippen molar-refractivity contribution in [2.24, 2.45) is 0 Å². The summed E-state index contributed by atoms with van der Waals surface area (Å²) in [6, 6.07) is 4.81. The van der Waals surface area contributed by atoms with Crippen LogP contribution in [0.2, 0.25) is 0 Å². The van der Waals surface area contributed by atoms with Crippen molar-refractivity contribution in [1.82, 2.24) is 15.0 Å². The van der Waals surface area contributed by atoms with E-state index in [9.17, 15) is 18.4 Å². The maximum atomic E-state index is 12.4. The Morgan fingerprint density at radius 1 is 1.26 bits per heavy atom. The van der Waals surface area contributed by atoms with Gasteiger partial charge in [-0.05, 0) is 19.1 Å². The third kappa shape index (κ3) is 3.50. The molecule has 1 unspecified atom stereocenters. The Labute approximate surface area is 129 Å². The fraction of sp³-hybridized carbons (Fsp3) is 0.286. The number of aromatic nitrogens is 2. The highest BCUT2D eigenvalue weighted by molar-refractivity contribution is 5.96. The number of amides is 1. The fourth-order valence-electron chi connectivity index (χ4n) is 1.75. The number of likely N-dealkylation sites (N-methyl/N-ethyl adjacent to an activating group) is 1. The number of hydrogen-bond acceptors (Lipinski definition) is 5. The maximum Gasteiger partial charge on any atom is 0.326 e. The summed E-state index contributed by atoms with van der Waals surface area (Å²) >= 11 is 0. The first-order valence-corrected chi connectivity index (χ1v) is 6.53. The first-order chi connectivity index (χ1) is 10.8. The number of alkyl halides is 2. The molecule has 1 heterocycles. The molecule has 23 heavy (non-hydrogen) atoms. The second-order valence-electron chi connectivity index (χ2n) is 4.76. The first-order valence-electron chi connectivity index (χ1n) is 6.53. The molecule has 0 aliphatic heterocycles. The summed E-state index contributed by atoms with van der Waals surface area (Å²) < 4.78 is 29.2. The third-order valence-electron chi connectivity index (χ3n) is 3.28. The largest absolute Gasteiger partial charge is 0.480 e. The van der Waals surface area contributed by atoms with Gasteiger partial charge in [0.05, 0.1) is 0 Å². The zero-order chi connectivity index (χ0) is 17.1. The summed E-state index contributed by atoms with van der Waals surface area (Å²) in [5, 5.41) is 12.3. The molecule has 0 fully saturated rings. The van der Waals surface area contributed by atoms with Gasteiger partial charge < -0.3 is 14.5 Å². The summed E-state index contributed by atoms with van der Waals surface area (Å²) in [5.74, 6) is -2.40. The molecule has 0 saturated heterocycles. The lowest BCUT2D eigenvalue weighted by Gasteiger charge is -2.21. The van der Waals surface area contributed by atoms with Crippen molar-refractivity contribution in [2.75, 3.05) is 7.05 Å². The summed E-state index contributed by atoms with van der Waals surface area (Å²) in [6.07, 6.45) is -2.86. The number of carboxylic acid groups (broad SMARTS) is 1. The summed E-state index contributed by atoms with van der Waals surface area (Å²) in [6.45, 7) is 1.39. The average Bonchev–Trinajstić information content (AvgIpc) is 3.03. The molecule has 0 aliphatic rings. The van der Waals surface area contributed by atoms with Crippen LogP contribution in [0.15, 0.2) is 28.8 Å². The molecule has 1 atom stereocenters. The number of nitrogens with zero attached hydrogens (tertiary/aromatic N) is 3. The predicted molar refractivity (Wildman–Crippen MR) is 73.9 cm³/mol. The number of benzene rings is 1. The van der Waals surface area contributed by atoms with Crippen molar-refractivity contribution < 1.29 is 28.0 Å². The van der Waals surface area contributed by atoms with Crippen LogP contribution < -0.4 is 0 Å². The van der Waals surface area contributed by atoms with Crippen molar-refractivity contribution in [2.45, 2.75) is 19.4 Å². The standard InChI is InChI=1S/C14H13F2N3O4/c1-7(14(21)22)19(2)13(20)9-5-3-8(4-6-9)11-17-12(10(15)16)23-18-11/h3-7,10H,1-2H3,(H,21,22). The summed E-state index contributed by atoms with van der Waals surface area (Å²) in [7, 11) is 1.38. The van der Waals surface area contributed by atoms with Crippen molar-refractivity contribution in [1.29, 1.82) is 0 Å². The maximum absolute atomic E-state index is 12.4. The van der Waals surface area contributed by atoms with Gasteiger partial charge in [0.25, 0.3) is 11.8 Å². The van der Waals surface area contributed by atoms with E-state index >= 15 is 0 Å². The molecule has 0 bridgehead atoms. The second kappa shape index (κ2) is 6.51. The van der Waals surface area contributed by atoms with Crippen molar-refractivity contribution in [3.63, 3.8) is 0 Å². The minimum atomic E-state index is -2.86. The van der Waals surface area contributed by atoms with E-state index < -0.39 is 30.2 Å². The van der Waals surface area contributed by atoms with Gasteiger partial charge in [0, 0.05) is 18.2 Å². The Morgan fingerprint density at radius 3 is 2.35 bits per heavy atom. The van der Waals surface area contributed by atoms with Crippen LogP contribution in [0.4, 0.5) is 8.78 Å². The number of halogens is 2. The number of aliphatic carboxylic acids is 1. The first kappa shape index (κ1) is 16.5. The molecular formula is C14H13F2N3O4. The molecule has 2 aromatic rings. The highest BCUT2D eigenvalue weighted by Gasteiger charge is 2.23. The van der Waals surface area contributed by atoms with Crippen LogP contribution in [-0.4, -0.2) is 45.1 Å². The van der Waals surface area contributed by atoms with E-state index in [1.807, 2.05) is 0 Å². The molecule has 0 radical (unpaired) electrons. The zero-order valence-corrected chi connectivity index (χ0v) is 12.2. The number of hydrogen-bond donors (Lipinski definition) is 1. The van der Waals surface area contributed by atoms with E-state index in [2.05, 4.69) is 14.7 Å². The minimum Gasteiger partial charge on any atom is -0.480 e. The Hall–Kier alpha value is -2.84. The van der Waals surface area contributed by atoms with Crippen LogP contribution in [0.3, 0.4) is 0 Å². The predicted octanol–water partition coefficient (Wildman–Crippen LogP) is 2.22. The van der Waals surface area contributed by atoms with Crippen molar-refractivity contribution in [3.8, 4) is 11.4 Å². The van der Waals surface area contributed by atoms with Gasteiger partial charge in [0.2, 0.25) is 5.82 Å². The number of carboxylic acids is 1. The van der Waals surface area contributed by atoms with Crippen LogP contribution in [0.5, 0.6) is 0 Å². The van der Waals surface area contributed by atoms with E-state index in [-0.39, 0.29) is 11.4 Å². The summed E-state index contributed by atoms with van der Waals surface area (Å²) in [4.78, 5) is 27.7. The molecular weight excluding hydrogens is 312 g/mol. The van der Waals surface area contributed by atoms with Gasteiger partial charge in [-0.15, -0.1) is 0 Å². The van der Waals surface area contributed by atoms with Gasteiger partial charge >= 0.3 is 12.4 Å². The van der Waals surface area contributed by atoms with Crippen LogP contribution in [0.25, 0.3) is 11.4 Å². The highest BCUT2D eigenvalue weighted by Crippen LogP contribution is 2.22. The smallest absolute Gasteiger partial charge is 0.326 e. The second-order valence-corrected chi connectivity index (χ2v) is 4.76. The third-order valence-corrected chi connectivity index (χ3v) is 3.28. The molecule has 1 aromatic heterocycles. The molecule has 122 valence electrons. The highest BCUT2D eigenvalue weighted by atomic mass is 19.3. The van der Waals surface area contributed by atoms with Crippen LogP contribution in [-0.2, 0) is 4.79 Å². The number of rotatable bonds is 5. The molecule has 0 spiro atoms. The molecule has 0 saturated carbocycles. The topological polar surface area (TPSA) is 96.5 Å². The quantitative estimate of drug-likeness (QED) is 0.905. The zero-order valence-electron chi connectivity index (χ0n) is 12.2. The van der Waals surface area contributed by atoms with Gasteiger partial charge in [-0.25, -0.2) is 4.79 Å². The van der Waals surface area contributed by atoms with Crippen LogP contribution >= 0.6 is 0 Å². The van der Waals surface area contributed by atoms with Gasteiger partial charge in [-0.3, -0.25) is 4.79 Å². The molecule has 9 heteroatoms. The Morgan fingerprint density at radius 2 is 1.87 bits per heavy atom. The molecule has 1 amide bonds. The molecule has 2 rings (SSSR count). The monoisotopic (exact) mass is 325 g/mol. The van der Waals surface area contributed by atoms with E-state index in [4.69, 9.17) is 5.11 Å². The van der Waals surface area contributed by atoms with E-state index in [1.165, 1.54) is 38.2 Å².